The quantitative estimate of drug-likeness (QED) is 0.346. The SMILES string of the molecule is O=C(O)CCc1cc(F)c(OCc2c(C(F)(F)C(F)(F)F)ccn2-c2ccc(Cl)cc2)c(F)c1. The standard InChI is InChI=1S/C22H15ClF7NO3/c23-13-2-4-14(5-3-13)31-8-7-15(21(26,27)22(28,29)30)18(31)11-34-20-16(24)9-12(10-17(20)25)1-6-19(32)33/h2-5,7-10H,1,6,11H2,(H,32,33). The maximum atomic E-state index is 14.4. The molecule has 0 saturated heterocycles. The van der Waals surface area contributed by atoms with Crippen molar-refractivity contribution < 1.29 is 45.4 Å². The van der Waals surface area contributed by atoms with Gasteiger partial charge in [0.1, 0.15) is 6.61 Å². The molecule has 0 aliphatic heterocycles. The number of alkyl halides is 5. The molecule has 0 atom stereocenters. The number of halogens is 8. The molecular weight excluding hydrogens is 495 g/mol. The van der Waals surface area contributed by atoms with E-state index in [1.54, 1.807) is 0 Å². The predicted octanol–water partition coefficient (Wildman–Crippen LogP) is 6.66. The third-order valence-corrected chi connectivity index (χ3v) is 5.08. The predicted molar refractivity (Wildman–Crippen MR) is 107 cm³/mol. The lowest BCUT2D eigenvalue weighted by Crippen LogP contribution is -2.34. The second-order valence-corrected chi connectivity index (χ2v) is 7.60. The van der Waals surface area contributed by atoms with Crippen LogP contribution in [0, 0.1) is 11.6 Å². The second-order valence-electron chi connectivity index (χ2n) is 7.17. The van der Waals surface area contributed by atoms with Crippen molar-refractivity contribution in [3.8, 4) is 11.4 Å². The zero-order valence-corrected chi connectivity index (χ0v) is 17.7. The Hall–Kier alpha value is -3.21. The van der Waals surface area contributed by atoms with Crippen molar-refractivity contribution in [2.45, 2.75) is 31.5 Å². The fourth-order valence-corrected chi connectivity index (χ4v) is 3.31. The van der Waals surface area contributed by atoms with Crippen LogP contribution >= 0.6 is 11.6 Å². The molecule has 0 aliphatic rings. The topological polar surface area (TPSA) is 51.5 Å². The molecule has 1 N–H and O–H groups in total. The molecule has 0 saturated carbocycles. The Bertz CT molecular complexity index is 1170. The molecule has 12 heteroatoms. The van der Waals surface area contributed by atoms with Gasteiger partial charge in [-0.3, -0.25) is 4.79 Å². The first-order chi connectivity index (χ1) is 15.8. The number of carboxylic acid groups (broad SMARTS) is 1. The van der Waals surface area contributed by atoms with E-state index in [0.717, 1.165) is 22.9 Å². The van der Waals surface area contributed by atoms with Crippen LogP contribution in [0.25, 0.3) is 5.69 Å². The van der Waals surface area contributed by atoms with Gasteiger partial charge in [-0.25, -0.2) is 8.78 Å². The molecule has 0 spiro atoms. The van der Waals surface area contributed by atoms with Crippen molar-refractivity contribution in [2.75, 3.05) is 0 Å². The Labute approximate surface area is 193 Å². The maximum Gasteiger partial charge on any atom is 0.458 e. The van der Waals surface area contributed by atoms with Crippen molar-refractivity contribution in [3.63, 3.8) is 0 Å². The van der Waals surface area contributed by atoms with E-state index in [1.165, 1.54) is 24.3 Å². The van der Waals surface area contributed by atoms with Crippen molar-refractivity contribution >= 4 is 17.6 Å². The molecule has 0 fully saturated rings. The molecule has 0 bridgehead atoms. The third-order valence-electron chi connectivity index (χ3n) is 4.83. The van der Waals surface area contributed by atoms with Crippen molar-refractivity contribution in [1.82, 2.24) is 4.57 Å². The number of aromatic nitrogens is 1. The van der Waals surface area contributed by atoms with Gasteiger partial charge < -0.3 is 14.4 Å². The van der Waals surface area contributed by atoms with E-state index in [-0.39, 0.29) is 22.7 Å². The monoisotopic (exact) mass is 509 g/mol. The van der Waals surface area contributed by atoms with Gasteiger partial charge in [0.05, 0.1) is 11.3 Å². The fourth-order valence-electron chi connectivity index (χ4n) is 3.18. The minimum atomic E-state index is -5.93. The maximum absolute atomic E-state index is 14.4. The second kappa shape index (κ2) is 9.57. The van der Waals surface area contributed by atoms with E-state index in [0.29, 0.717) is 6.07 Å². The van der Waals surface area contributed by atoms with Crippen LogP contribution < -0.4 is 4.74 Å². The Morgan fingerprint density at radius 1 is 1.00 bits per heavy atom. The van der Waals surface area contributed by atoms with E-state index < -0.39 is 59.7 Å². The molecule has 1 heterocycles. The number of carbonyl (C=O) groups is 1. The highest BCUT2D eigenvalue weighted by Crippen LogP contribution is 2.46. The number of rotatable bonds is 8. The average Bonchev–Trinajstić information content (AvgIpc) is 3.16. The molecule has 34 heavy (non-hydrogen) atoms. The fraction of sp³-hybridized carbons (Fsp3) is 0.227. The molecule has 0 radical (unpaired) electrons. The molecular formula is C22H15ClF7NO3. The van der Waals surface area contributed by atoms with Crippen LogP contribution in [0.1, 0.15) is 23.2 Å². The van der Waals surface area contributed by atoms with Crippen LogP contribution in [0.5, 0.6) is 5.75 Å². The van der Waals surface area contributed by atoms with E-state index in [4.69, 9.17) is 21.4 Å². The zero-order valence-electron chi connectivity index (χ0n) is 17.0. The lowest BCUT2D eigenvalue weighted by Gasteiger charge is -2.21. The molecule has 3 rings (SSSR count). The summed E-state index contributed by atoms with van der Waals surface area (Å²) in [5.74, 6) is -10.0. The van der Waals surface area contributed by atoms with Crippen LogP contribution in [-0.4, -0.2) is 21.8 Å². The van der Waals surface area contributed by atoms with Gasteiger partial charge in [0.25, 0.3) is 0 Å². The summed E-state index contributed by atoms with van der Waals surface area (Å²) in [7, 11) is 0. The number of aliphatic carboxylic acids is 1. The van der Waals surface area contributed by atoms with Crippen LogP contribution in [0.2, 0.25) is 5.02 Å². The van der Waals surface area contributed by atoms with Crippen LogP contribution in [0.4, 0.5) is 30.7 Å². The third kappa shape index (κ3) is 5.30. The van der Waals surface area contributed by atoms with Gasteiger partial charge in [0.15, 0.2) is 17.4 Å². The zero-order chi connectivity index (χ0) is 25.3. The Morgan fingerprint density at radius 3 is 2.12 bits per heavy atom. The number of carboxylic acids is 1. The highest BCUT2D eigenvalue weighted by molar-refractivity contribution is 6.30. The summed E-state index contributed by atoms with van der Waals surface area (Å²) in [5, 5.41) is 8.96. The highest BCUT2D eigenvalue weighted by atomic mass is 35.5. The minimum Gasteiger partial charge on any atom is -0.481 e. The van der Waals surface area contributed by atoms with Gasteiger partial charge in [-0.1, -0.05) is 11.6 Å². The number of hydrogen-bond donors (Lipinski definition) is 1. The summed E-state index contributed by atoms with van der Waals surface area (Å²) < 4.78 is 102. The van der Waals surface area contributed by atoms with Gasteiger partial charge in [0.2, 0.25) is 0 Å². The summed E-state index contributed by atoms with van der Waals surface area (Å²) in [6.07, 6.45) is -5.58. The molecule has 4 nitrogen and oxygen atoms in total. The Morgan fingerprint density at radius 2 is 1.59 bits per heavy atom. The molecule has 1 aromatic heterocycles. The molecule has 0 amide bonds. The van der Waals surface area contributed by atoms with E-state index in [1.807, 2.05) is 0 Å². The first-order valence-electron chi connectivity index (χ1n) is 9.55. The van der Waals surface area contributed by atoms with Gasteiger partial charge >= 0.3 is 18.1 Å². The smallest absolute Gasteiger partial charge is 0.458 e. The van der Waals surface area contributed by atoms with Crippen molar-refractivity contribution in [2.24, 2.45) is 0 Å². The summed E-state index contributed by atoms with van der Waals surface area (Å²) >= 11 is 5.79. The Balaban J connectivity index is 1.99. The first kappa shape index (κ1) is 25.4. The van der Waals surface area contributed by atoms with Crippen molar-refractivity contribution in [1.29, 1.82) is 0 Å². The number of ether oxygens (including phenoxy) is 1. The number of aryl methyl sites for hydroxylation is 1. The van der Waals surface area contributed by atoms with E-state index in [9.17, 15) is 35.5 Å². The van der Waals surface area contributed by atoms with Crippen LogP contribution in [0.15, 0.2) is 48.7 Å². The first-order valence-corrected chi connectivity index (χ1v) is 9.92. The summed E-state index contributed by atoms with van der Waals surface area (Å²) in [5.41, 5.74) is -2.00. The largest absolute Gasteiger partial charge is 0.481 e. The average molecular weight is 510 g/mol. The summed E-state index contributed by atoms with van der Waals surface area (Å²) in [6, 6.07) is 7.58. The summed E-state index contributed by atoms with van der Waals surface area (Å²) in [4.78, 5) is 10.6. The lowest BCUT2D eigenvalue weighted by molar-refractivity contribution is -0.289. The normalized spacial score (nSPS) is 12.1. The van der Waals surface area contributed by atoms with Crippen LogP contribution in [0.3, 0.4) is 0 Å². The lowest BCUT2D eigenvalue weighted by atomic mass is 10.1. The molecule has 0 aliphatic carbocycles. The number of nitrogens with zero attached hydrogens (tertiary/aromatic N) is 1. The van der Waals surface area contributed by atoms with Crippen LogP contribution in [-0.2, 0) is 23.7 Å². The Kier molecular flexibility index (Phi) is 7.15. The molecule has 3 aromatic rings. The van der Waals surface area contributed by atoms with Gasteiger partial charge in [-0.05, 0) is 54.4 Å². The minimum absolute atomic E-state index is 0.00131. The van der Waals surface area contributed by atoms with E-state index in [2.05, 4.69) is 0 Å². The number of benzene rings is 2. The van der Waals surface area contributed by atoms with Gasteiger partial charge in [0, 0.05) is 23.3 Å². The summed E-state index contributed by atoms with van der Waals surface area (Å²) in [6.45, 7) is -1.04. The molecule has 0 unspecified atom stereocenters. The molecule has 2 aromatic carbocycles. The van der Waals surface area contributed by atoms with Gasteiger partial charge in [-0.2, -0.15) is 22.0 Å². The molecule has 182 valence electrons. The number of hydrogen-bond acceptors (Lipinski definition) is 2. The highest BCUT2D eigenvalue weighted by Gasteiger charge is 2.60. The van der Waals surface area contributed by atoms with Crippen molar-refractivity contribution in [3.05, 3.63) is 82.1 Å². The van der Waals surface area contributed by atoms with E-state index >= 15 is 0 Å². The van der Waals surface area contributed by atoms with Gasteiger partial charge in [-0.15, -0.1) is 0 Å².